The van der Waals surface area contributed by atoms with Gasteiger partial charge in [-0.1, -0.05) is 0 Å². The quantitative estimate of drug-likeness (QED) is 0.674. The van der Waals surface area contributed by atoms with E-state index in [1.807, 2.05) is 13.8 Å². The normalized spacial score (nSPS) is 21.2. The van der Waals surface area contributed by atoms with Crippen LogP contribution in [-0.4, -0.2) is 38.9 Å². The maximum atomic E-state index is 13.2. The number of aromatic nitrogens is 4. The van der Waals surface area contributed by atoms with Crippen LogP contribution >= 0.6 is 11.3 Å². The topological polar surface area (TPSA) is 54.8 Å². The molecule has 24 heavy (non-hydrogen) atoms. The van der Waals surface area contributed by atoms with Crippen LogP contribution < -0.4 is 4.90 Å². The average molecular weight is 347 g/mol. The predicted molar refractivity (Wildman–Crippen MR) is 88.8 cm³/mol. The Morgan fingerprint density at radius 1 is 1.12 bits per heavy atom. The molecule has 0 bridgehead atoms. The van der Waals surface area contributed by atoms with Gasteiger partial charge in [-0.25, -0.2) is 28.7 Å². The van der Waals surface area contributed by atoms with Gasteiger partial charge in [0.15, 0.2) is 0 Å². The van der Waals surface area contributed by atoms with Crippen molar-refractivity contribution in [1.82, 2.24) is 19.9 Å². The number of aryl methyl sites for hydroxylation is 2. The Hall–Kier alpha value is -1.96. The standard InChI is InChI=1S/C16H15F2N5S/c1-8-10-11-12(24-14(10)22-9(2)21-8)13(20-7-19-11)23-5-15(6-23)3-16(17,18)4-15/h7H,3-6H2,1-2H3. The van der Waals surface area contributed by atoms with E-state index in [4.69, 9.17) is 0 Å². The van der Waals surface area contributed by atoms with Crippen molar-refractivity contribution in [3.63, 3.8) is 0 Å². The van der Waals surface area contributed by atoms with Crippen molar-refractivity contribution in [2.24, 2.45) is 5.41 Å². The number of nitrogens with zero attached hydrogens (tertiary/aromatic N) is 5. The Bertz CT molecular complexity index is 983. The van der Waals surface area contributed by atoms with E-state index in [0.29, 0.717) is 13.1 Å². The van der Waals surface area contributed by atoms with Crippen molar-refractivity contribution >= 4 is 37.6 Å². The van der Waals surface area contributed by atoms with Gasteiger partial charge in [0.2, 0.25) is 5.92 Å². The zero-order chi connectivity index (χ0) is 16.7. The van der Waals surface area contributed by atoms with E-state index in [-0.39, 0.29) is 18.3 Å². The SMILES string of the molecule is Cc1nc(C)c2c(n1)sc1c(N3CC4(C3)CC(F)(F)C4)ncnc12. The second-order valence-electron chi connectivity index (χ2n) is 7.08. The van der Waals surface area contributed by atoms with Crippen LogP contribution in [0.25, 0.3) is 20.4 Å². The van der Waals surface area contributed by atoms with E-state index in [1.165, 1.54) is 0 Å². The maximum absolute atomic E-state index is 13.2. The molecule has 1 aliphatic heterocycles. The molecule has 3 aromatic rings. The number of thiophene rings is 1. The molecule has 0 amide bonds. The molecule has 2 fully saturated rings. The van der Waals surface area contributed by atoms with E-state index in [1.54, 1.807) is 17.7 Å². The van der Waals surface area contributed by atoms with E-state index in [9.17, 15) is 8.78 Å². The summed E-state index contributed by atoms with van der Waals surface area (Å²) >= 11 is 1.55. The molecule has 1 saturated carbocycles. The number of rotatable bonds is 1. The first-order valence-electron chi connectivity index (χ1n) is 7.87. The molecule has 0 radical (unpaired) electrons. The number of hydrogen-bond acceptors (Lipinski definition) is 6. The number of halogens is 2. The molecule has 0 aromatic carbocycles. The highest BCUT2D eigenvalue weighted by atomic mass is 32.1. The van der Waals surface area contributed by atoms with E-state index < -0.39 is 5.92 Å². The molecule has 3 aromatic heterocycles. The molecular formula is C16H15F2N5S. The van der Waals surface area contributed by atoms with E-state index >= 15 is 0 Å². The van der Waals surface area contributed by atoms with Gasteiger partial charge in [0.25, 0.3) is 0 Å². The molecule has 5 rings (SSSR count). The Balaban J connectivity index is 1.57. The summed E-state index contributed by atoms with van der Waals surface area (Å²) in [7, 11) is 0. The van der Waals surface area contributed by atoms with Gasteiger partial charge in [-0.2, -0.15) is 0 Å². The summed E-state index contributed by atoms with van der Waals surface area (Å²) < 4.78 is 27.4. The summed E-state index contributed by atoms with van der Waals surface area (Å²) in [6.07, 6.45) is 1.55. The molecule has 1 aliphatic carbocycles. The Kier molecular flexibility index (Phi) is 2.61. The molecule has 0 atom stereocenters. The predicted octanol–water partition coefficient (Wildman–Crippen LogP) is 3.49. The zero-order valence-electron chi connectivity index (χ0n) is 13.3. The minimum absolute atomic E-state index is 0.000914. The monoisotopic (exact) mass is 347 g/mol. The first kappa shape index (κ1) is 14.4. The lowest BCUT2D eigenvalue weighted by Gasteiger charge is -2.59. The molecule has 1 saturated heterocycles. The van der Waals surface area contributed by atoms with Crippen molar-refractivity contribution in [3.8, 4) is 0 Å². The number of anilines is 1. The average Bonchev–Trinajstić information content (AvgIpc) is 2.79. The minimum Gasteiger partial charge on any atom is -0.354 e. The summed E-state index contributed by atoms with van der Waals surface area (Å²) in [4.78, 5) is 20.8. The van der Waals surface area contributed by atoms with Gasteiger partial charge in [-0.15, -0.1) is 11.3 Å². The highest BCUT2D eigenvalue weighted by Crippen LogP contribution is 2.57. The molecule has 0 unspecified atom stereocenters. The third-order valence-corrected chi connectivity index (χ3v) is 6.08. The second kappa shape index (κ2) is 4.36. The van der Waals surface area contributed by atoms with Gasteiger partial charge in [0, 0.05) is 31.3 Å². The summed E-state index contributed by atoms with van der Waals surface area (Å²) in [5, 5.41) is 0.967. The van der Waals surface area contributed by atoms with Gasteiger partial charge < -0.3 is 4.90 Å². The molecule has 0 N–H and O–H groups in total. The third-order valence-electron chi connectivity index (χ3n) is 5.01. The van der Waals surface area contributed by atoms with Crippen LogP contribution in [-0.2, 0) is 0 Å². The Morgan fingerprint density at radius 2 is 1.88 bits per heavy atom. The van der Waals surface area contributed by atoms with E-state index in [0.717, 1.165) is 37.8 Å². The summed E-state index contributed by atoms with van der Waals surface area (Å²) in [5.74, 6) is -0.906. The lowest BCUT2D eigenvalue weighted by atomic mass is 9.61. The zero-order valence-corrected chi connectivity index (χ0v) is 14.1. The van der Waals surface area contributed by atoms with Gasteiger partial charge >= 0.3 is 0 Å². The fraction of sp³-hybridized carbons (Fsp3) is 0.500. The summed E-state index contributed by atoms with van der Waals surface area (Å²) in [6.45, 7) is 5.12. The van der Waals surface area contributed by atoms with E-state index in [2.05, 4.69) is 24.8 Å². The Labute approximate surface area is 140 Å². The number of hydrogen-bond donors (Lipinski definition) is 0. The van der Waals surface area contributed by atoms with Crippen molar-refractivity contribution in [1.29, 1.82) is 0 Å². The number of fused-ring (bicyclic) bond motifs is 3. The summed E-state index contributed by atoms with van der Waals surface area (Å²) in [5.41, 5.74) is 1.55. The minimum atomic E-state index is -2.48. The van der Waals surface area contributed by atoms with Crippen LogP contribution in [0.2, 0.25) is 0 Å². The Morgan fingerprint density at radius 3 is 2.58 bits per heavy atom. The summed E-state index contributed by atoms with van der Waals surface area (Å²) in [6, 6.07) is 0. The molecule has 124 valence electrons. The lowest BCUT2D eigenvalue weighted by Crippen LogP contribution is -2.66. The maximum Gasteiger partial charge on any atom is 0.249 e. The first-order valence-corrected chi connectivity index (χ1v) is 8.69. The third kappa shape index (κ3) is 1.89. The fourth-order valence-electron chi connectivity index (χ4n) is 4.17. The highest BCUT2D eigenvalue weighted by Gasteiger charge is 2.62. The largest absolute Gasteiger partial charge is 0.354 e. The van der Waals surface area contributed by atoms with Crippen molar-refractivity contribution < 1.29 is 8.78 Å². The van der Waals surface area contributed by atoms with Gasteiger partial charge in [-0.05, 0) is 13.8 Å². The van der Waals surface area contributed by atoms with Crippen LogP contribution in [0.1, 0.15) is 24.4 Å². The van der Waals surface area contributed by atoms with Gasteiger partial charge in [-0.3, -0.25) is 0 Å². The molecule has 1 spiro atoms. The number of alkyl halides is 2. The van der Waals surface area contributed by atoms with Crippen LogP contribution in [0.4, 0.5) is 14.6 Å². The lowest BCUT2D eigenvalue weighted by molar-refractivity contribution is -0.170. The van der Waals surface area contributed by atoms with Gasteiger partial charge in [0.05, 0.1) is 21.3 Å². The van der Waals surface area contributed by atoms with Gasteiger partial charge in [0.1, 0.15) is 22.8 Å². The van der Waals surface area contributed by atoms with Crippen LogP contribution in [0.5, 0.6) is 0 Å². The van der Waals surface area contributed by atoms with Crippen molar-refractivity contribution in [2.45, 2.75) is 32.6 Å². The first-order chi connectivity index (χ1) is 11.4. The fourth-order valence-corrected chi connectivity index (χ4v) is 5.41. The molecule has 2 aliphatic rings. The highest BCUT2D eigenvalue weighted by molar-refractivity contribution is 7.26. The molecule has 5 nitrogen and oxygen atoms in total. The second-order valence-corrected chi connectivity index (χ2v) is 8.08. The van der Waals surface area contributed by atoms with Crippen molar-refractivity contribution in [3.05, 3.63) is 17.8 Å². The molecule has 4 heterocycles. The van der Waals surface area contributed by atoms with Crippen molar-refractivity contribution in [2.75, 3.05) is 18.0 Å². The molecule has 8 heteroatoms. The van der Waals surface area contributed by atoms with Crippen LogP contribution in [0, 0.1) is 19.3 Å². The van der Waals surface area contributed by atoms with Crippen LogP contribution in [0.3, 0.4) is 0 Å². The van der Waals surface area contributed by atoms with Crippen LogP contribution in [0.15, 0.2) is 6.33 Å². The molecular weight excluding hydrogens is 332 g/mol. The smallest absolute Gasteiger partial charge is 0.249 e.